The Hall–Kier alpha value is -0.0800. The summed E-state index contributed by atoms with van der Waals surface area (Å²) in [4.78, 5) is 0. The van der Waals surface area contributed by atoms with E-state index in [0.717, 1.165) is 19.1 Å². The Labute approximate surface area is 69.8 Å². The first kappa shape index (κ1) is 9.01. The van der Waals surface area contributed by atoms with Crippen LogP contribution < -0.4 is 10.6 Å². The average Bonchev–Trinajstić information content (AvgIpc) is 2.81. The summed E-state index contributed by atoms with van der Waals surface area (Å²) in [6.45, 7) is 6.70. The highest BCUT2D eigenvalue weighted by molar-refractivity contribution is 4.80. The average molecular weight is 156 g/mol. The molecule has 1 fully saturated rings. The third kappa shape index (κ3) is 4.38. The van der Waals surface area contributed by atoms with E-state index in [2.05, 4.69) is 24.5 Å². The normalized spacial score (nSPS) is 20.2. The van der Waals surface area contributed by atoms with Crippen LogP contribution in [0.3, 0.4) is 0 Å². The quantitative estimate of drug-likeness (QED) is 0.563. The second-order valence-electron chi connectivity index (χ2n) is 3.49. The Kier molecular flexibility index (Phi) is 3.87. The summed E-state index contributed by atoms with van der Waals surface area (Å²) < 4.78 is 0. The Morgan fingerprint density at radius 2 is 2.09 bits per heavy atom. The Morgan fingerprint density at radius 3 is 2.64 bits per heavy atom. The maximum absolute atomic E-state index is 3.47. The number of hydrogen-bond donors (Lipinski definition) is 2. The van der Waals surface area contributed by atoms with Gasteiger partial charge in [0, 0.05) is 25.2 Å². The zero-order valence-electron chi connectivity index (χ0n) is 7.69. The van der Waals surface area contributed by atoms with Gasteiger partial charge in [-0.15, -0.1) is 0 Å². The molecule has 11 heavy (non-hydrogen) atoms. The predicted octanol–water partition coefficient (Wildman–Crippen LogP) is 1.13. The predicted molar refractivity (Wildman–Crippen MR) is 48.8 cm³/mol. The second kappa shape index (κ2) is 4.73. The van der Waals surface area contributed by atoms with Crippen LogP contribution >= 0.6 is 0 Å². The molecule has 0 aliphatic heterocycles. The van der Waals surface area contributed by atoms with E-state index in [-0.39, 0.29) is 0 Å². The molecule has 1 aliphatic carbocycles. The lowest BCUT2D eigenvalue weighted by Gasteiger charge is -2.10. The minimum Gasteiger partial charge on any atom is -0.313 e. The van der Waals surface area contributed by atoms with Gasteiger partial charge in [-0.3, -0.25) is 0 Å². The Balaban J connectivity index is 1.79. The maximum atomic E-state index is 3.47. The molecule has 0 unspecified atom stereocenters. The molecular formula is C9H20N2. The molecule has 0 radical (unpaired) electrons. The molecule has 2 nitrogen and oxygen atoms in total. The molecule has 1 aliphatic rings. The van der Waals surface area contributed by atoms with E-state index in [1.807, 2.05) is 0 Å². The summed E-state index contributed by atoms with van der Waals surface area (Å²) >= 11 is 0. The molecule has 0 spiro atoms. The molecule has 0 saturated heterocycles. The van der Waals surface area contributed by atoms with Gasteiger partial charge in [0.1, 0.15) is 0 Å². The first-order valence-electron chi connectivity index (χ1n) is 4.79. The number of nitrogens with one attached hydrogen (secondary N) is 2. The van der Waals surface area contributed by atoms with E-state index in [1.54, 1.807) is 0 Å². The van der Waals surface area contributed by atoms with E-state index in [0.29, 0.717) is 6.04 Å². The van der Waals surface area contributed by atoms with Crippen molar-refractivity contribution >= 4 is 0 Å². The summed E-state index contributed by atoms with van der Waals surface area (Å²) in [5.74, 6) is 0. The summed E-state index contributed by atoms with van der Waals surface area (Å²) in [6, 6.07) is 1.53. The van der Waals surface area contributed by atoms with Gasteiger partial charge in [-0.1, -0.05) is 6.92 Å². The van der Waals surface area contributed by atoms with Crippen LogP contribution in [0.1, 0.15) is 33.1 Å². The van der Waals surface area contributed by atoms with Crippen LogP contribution in [-0.4, -0.2) is 25.2 Å². The third-order valence-corrected chi connectivity index (χ3v) is 2.24. The van der Waals surface area contributed by atoms with Crippen LogP contribution in [0.4, 0.5) is 0 Å². The van der Waals surface area contributed by atoms with Crippen LogP contribution in [0.25, 0.3) is 0 Å². The van der Waals surface area contributed by atoms with Crippen LogP contribution in [-0.2, 0) is 0 Å². The minimum absolute atomic E-state index is 0.677. The highest BCUT2D eigenvalue weighted by Crippen LogP contribution is 2.17. The van der Waals surface area contributed by atoms with Gasteiger partial charge in [0.2, 0.25) is 0 Å². The van der Waals surface area contributed by atoms with Crippen LogP contribution in [0.5, 0.6) is 0 Å². The standard InChI is InChI=1S/C9H20N2/c1-3-8(2)10-6-7-11-9-4-5-9/h8-11H,3-7H2,1-2H3/t8-/m0/s1. The summed E-state index contributed by atoms with van der Waals surface area (Å²) in [5, 5.41) is 6.93. The third-order valence-electron chi connectivity index (χ3n) is 2.24. The van der Waals surface area contributed by atoms with Crippen molar-refractivity contribution in [2.45, 2.75) is 45.2 Å². The largest absolute Gasteiger partial charge is 0.313 e. The van der Waals surface area contributed by atoms with E-state index < -0.39 is 0 Å². The van der Waals surface area contributed by atoms with E-state index in [9.17, 15) is 0 Å². The van der Waals surface area contributed by atoms with Crippen molar-refractivity contribution in [3.8, 4) is 0 Å². The van der Waals surface area contributed by atoms with Crippen molar-refractivity contribution in [3.63, 3.8) is 0 Å². The van der Waals surface area contributed by atoms with Crippen LogP contribution in [0, 0.1) is 0 Å². The summed E-state index contributed by atoms with van der Waals surface area (Å²) in [5.41, 5.74) is 0. The summed E-state index contributed by atoms with van der Waals surface area (Å²) in [7, 11) is 0. The topological polar surface area (TPSA) is 24.1 Å². The molecular weight excluding hydrogens is 136 g/mol. The highest BCUT2D eigenvalue weighted by atomic mass is 15.0. The first-order chi connectivity index (χ1) is 5.33. The van der Waals surface area contributed by atoms with Crippen molar-refractivity contribution in [2.24, 2.45) is 0 Å². The fraction of sp³-hybridized carbons (Fsp3) is 1.00. The van der Waals surface area contributed by atoms with Crippen LogP contribution in [0.2, 0.25) is 0 Å². The van der Waals surface area contributed by atoms with E-state index in [1.165, 1.54) is 19.3 Å². The zero-order chi connectivity index (χ0) is 8.10. The fourth-order valence-electron chi connectivity index (χ4n) is 1.03. The van der Waals surface area contributed by atoms with Gasteiger partial charge >= 0.3 is 0 Å². The van der Waals surface area contributed by atoms with Crippen molar-refractivity contribution in [3.05, 3.63) is 0 Å². The molecule has 1 saturated carbocycles. The van der Waals surface area contributed by atoms with Crippen molar-refractivity contribution in [1.82, 2.24) is 10.6 Å². The molecule has 1 atom stereocenters. The highest BCUT2D eigenvalue weighted by Gasteiger charge is 2.19. The van der Waals surface area contributed by atoms with Crippen LogP contribution in [0.15, 0.2) is 0 Å². The lowest BCUT2D eigenvalue weighted by atomic mass is 10.3. The van der Waals surface area contributed by atoms with Crippen molar-refractivity contribution in [1.29, 1.82) is 0 Å². The molecule has 0 heterocycles. The SMILES string of the molecule is CC[C@H](C)NCCNC1CC1. The lowest BCUT2D eigenvalue weighted by molar-refractivity contribution is 0.516. The zero-order valence-corrected chi connectivity index (χ0v) is 7.69. The van der Waals surface area contributed by atoms with Crippen molar-refractivity contribution in [2.75, 3.05) is 13.1 Å². The van der Waals surface area contributed by atoms with Gasteiger partial charge in [0.25, 0.3) is 0 Å². The Morgan fingerprint density at radius 1 is 1.36 bits per heavy atom. The molecule has 0 bridgehead atoms. The molecule has 0 aromatic carbocycles. The van der Waals surface area contributed by atoms with Gasteiger partial charge in [0.05, 0.1) is 0 Å². The maximum Gasteiger partial charge on any atom is 0.00794 e. The van der Waals surface area contributed by atoms with Gasteiger partial charge < -0.3 is 10.6 Å². The van der Waals surface area contributed by atoms with Gasteiger partial charge in [-0.2, -0.15) is 0 Å². The van der Waals surface area contributed by atoms with Crippen molar-refractivity contribution < 1.29 is 0 Å². The molecule has 2 heteroatoms. The molecule has 2 N–H and O–H groups in total. The second-order valence-corrected chi connectivity index (χ2v) is 3.49. The molecule has 1 rings (SSSR count). The summed E-state index contributed by atoms with van der Waals surface area (Å²) in [6.07, 6.45) is 4.01. The lowest BCUT2D eigenvalue weighted by Crippen LogP contribution is -2.33. The number of rotatable bonds is 6. The fourth-order valence-corrected chi connectivity index (χ4v) is 1.03. The van der Waals surface area contributed by atoms with E-state index >= 15 is 0 Å². The van der Waals surface area contributed by atoms with Gasteiger partial charge in [0.15, 0.2) is 0 Å². The van der Waals surface area contributed by atoms with Gasteiger partial charge in [-0.25, -0.2) is 0 Å². The van der Waals surface area contributed by atoms with Gasteiger partial charge in [-0.05, 0) is 26.2 Å². The minimum atomic E-state index is 0.677. The molecule has 66 valence electrons. The monoisotopic (exact) mass is 156 g/mol. The number of hydrogen-bond acceptors (Lipinski definition) is 2. The molecule has 0 amide bonds. The molecule has 0 aromatic heterocycles. The van der Waals surface area contributed by atoms with E-state index in [4.69, 9.17) is 0 Å². The first-order valence-corrected chi connectivity index (χ1v) is 4.79. The smallest absolute Gasteiger partial charge is 0.00794 e. The molecule has 0 aromatic rings. The Bertz CT molecular complexity index is 99.7.